The minimum absolute atomic E-state index is 0.227. The van der Waals surface area contributed by atoms with E-state index in [0.29, 0.717) is 12.2 Å². The molecule has 1 aliphatic carbocycles. The van der Waals surface area contributed by atoms with Crippen molar-refractivity contribution in [2.75, 3.05) is 13.2 Å². The normalized spacial score (nSPS) is 28.5. The van der Waals surface area contributed by atoms with Crippen molar-refractivity contribution in [3.8, 4) is 6.07 Å². The molecule has 0 aromatic rings. The smallest absolute Gasteiger partial charge is 0.117 e. The van der Waals surface area contributed by atoms with E-state index >= 15 is 0 Å². The number of epoxide rings is 1. The van der Waals surface area contributed by atoms with Crippen LogP contribution in [-0.2, 0) is 9.47 Å². The minimum atomic E-state index is 0.227. The Hall–Kier alpha value is -1.53. The van der Waals surface area contributed by atoms with E-state index in [-0.39, 0.29) is 12.0 Å². The van der Waals surface area contributed by atoms with E-state index in [1.54, 1.807) is 6.08 Å². The molecule has 0 aromatic carbocycles. The molecule has 0 N–H and O–H groups in total. The highest BCUT2D eigenvalue weighted by Crippen LogP contribution is 2.18. The van der Waals surface area contributed by atoms with Gasteiger partial charge in [-0.05, 0) is 24.1 Å². The molecule has 3 heteroatoms. The molecule has 1 heterocycles. The third kappa shape index (κ3) is 2.97. The fraction of sp³-hybridized carbons (Fsp3) is 0.417. The Kier molecular flexibility index (Phi) is 2.89. The standard InChI is InChI=1S/C12H13NO2/c1-9-4-10(6-13)2-3-11(5-9)14-7-12-8-15-12/h2-5,9,12H,7-8H2,1H3. The van der Waals surface area contributed by atoms with Crippen LogP contribution in [0.3, 0.4) is 0 Å². The molecule has 2 aliphatic rings. The topological polar surface area (TPSA) is 45.5 Å². The first-order valence-electron chi connectivity index (χ1n) is 5.04. The van der Waals surface area contributed by atoms with E-state index in [9.17, 15) is 0 Å². The van der Waals surface area contributed by atoms with Crippen LogP contribution in [0.2, 0.25) is 0 Å². The van der Waals surface area contributed by atoms with Gasteiger partial charge in [0.1, 0.15) is 18.5 Å². The number of rotatable bonds is 3. The number of hydrogen-bond donors (Lipinski definition) is 0. The molecule has 2 rings (SSSR count). The highest BCUT2D eigenvalue weighted by Gasteiger charge is 2.23. The molecule has 3 nitrogen and oxygen atoms in total. The number of nitrogens with zero attached hydrogens (tertiary/aromatic N) is 1. The first-order valence-corrected chi connectivity index (χ1v) is 5.04. The van der Waals surface area contributed by atoms with Crippen molar-refractivity contribution in [3.05, 3.63) is 35.6 Å². The van der Waals surface area contributed by atoms with Gasteiger partial charge in [-0.25, -0.2) is 0 Å². The summed E-state index contributed by atoms with van der Waals surface area (Å²) in [6, 6.07) is 2.13. The first-order chi connectivity index (χ1) is 7.28. The van der Waals surface area contributed by atoms with Crippen LogP contribution in [0, 0.1) is 17.2 Å². The molecule has 0 saturated carbocycles. The molecule has 1 saturated heterocycles. The Labute approximate surface area is 89.3 Å². The van der Waals surface area contributed by atoms with E-state index in [2.05, 4.69) is 6.07 Å². The van der Waals surface area contributed by atoms with Crippen LogP contribution in [0.5, 0.6) is 0 Å². The van der Waals surface area contributed by atoms with Gasteiger partial charge in [-0.1, -0.05) is 13.0 Å². The zero-order valence-electron chi connectivity index (χ0n) is 8.64. The molecule has 0 bridgehead atoms. The highest BCUT2D eigenvalue weighted by molar-refractivity contribution is 5.39. The first kappa shape index (κ1) is 10.0. The van der Waals surface area contributed by atoms with Crippen LogP contribution >= 0.6 is 0 Å². The van der Waals surface area contributed by atoms with Gasteiger partial charge in [0.15, 0.2) is 0 Å². The summed E-state index contributed by atoms with van der Waals surface area (Å²) in [6.45, 7) is 3.43. The van der Waals surface area contributed by atoms with E-state index < -0.39 is 0 Å². The molecule has 1 aliphatic heterocycles. The number of hydrogen-bond acceptors (Lipinski definition) is 3. The maximum absolute atomic E-state index is 8.79. The van der Waals surface area contributed by atoms with Crippen LogP contribution in [0.25, 0.3) is 0 Å². The lowest BCUT2D eigenvalue weighted by molar-refractivity contribution is 0.191. The Morgan fingerprint density at radius 1 is 1.53 bits per heavy atom. The van der Waals surface area contributed by atoms with Gasteiger partial charge in [-0.15, -0.1) is 0 Å². The van der Waals surface area contributed by atoms with E-state index in [1.807, 2.05) is 25.2 Å². The molecule has 2 atom stereocenters. The van der Waals surface area contributed by atoms with Crippen molar-refractivity contribution in [2.24, 2.45) is 5.92 Å². The summed E-state index contributed by atoms with van der Waals surface area (Å²) in [5.41, 5.74) is 0.681. The van der Waals surface area contributed by atoms with E-state index in [0.717, 1.165) is 12.4 Å². The van der Waals surface area contributed by atoms with Gasteiger partial charge in [0.25, 0.3) is 0 Å². The lowest BCUT2D eigenvalue weighted by Gasteiger charge is -2.05. The lowest BCUT2D eigenvalue weighted by atomic mass is 10.1. The van der Waals surface area contributed by atoms with Gasteiger partial charge in [0, 0.05) is 5.57 Å². The van der Waals surface area contributed by atoms with E-state index in [1.165, 1.54) is 0 Å². The van der Waals surface area contributed by atoms with Crippen molar-refractivity contribution in [1.82, 2.24) is 0 Å². The molecular weight excluding hydrogens is 190 g/mol. The van der Waals surface area contributed by atoms with Crippen LogP contribution in [0.15, 0.2) is 35.6 Å². The van der Waals surface area contributed by atoms with Gasteiger partial charge < -0.3 is 9.47 Å². The van der Waals surface area contributed by atoms with Gasteiger partial charge in [-0.3, -0.25) is 0 Å². The zero-order valence-corrected chi connectivity index (χ0v) is 8.64. The summed E-state index contributed by atoms with van der Waals surface area (Å²) >= 11 is 0. The van der Waals surface area contributed by atoms with Gasteiger partial charge >= 0.3 is 0 Å². The SMILES string of the molecule is CC1C=C(C#N)C=CC(OCC2CO2)=C1. The van der Waals surface area contributed by atoms with Gasteiger partial charge in [0.2, 0.25) is 0 Å². The lowest BCUT2D eigenvalue weighted by Crippen LogP contribution is -2.00. The molecular formula is C12H13NO2. The molecule has 15 heavy (non-hydrogen) atoms. The minimum Gasteiger partial charge on any atom is -0.491 e. The Balaban J connectivity index is 1.97. The van der Waals surface area contributed by atoms with Crippen molar-refractivity contribution < 1.29 is 9.47 Å². The average Bonchev–Trinajstić information content (AvgIpc) is 3.02. The van der Waals surface area contributed by atoms with Gasteiger partial charge in [0.05, 0.1) is 12.7 Å². The third-order valence-electron chi connectivity index (χ3n) is 2.26. The van der Waals surface area contributed by atoms with Crippen LogP contribution in [-0.4, -0.2) is 19.3 Å². The predicted molar refractivity (Wildman–Crippen MR) is 55.8 cm³/mol. The fourth-order valence-electron chi connectivity index (χ4n) is 1.40. The average molecular weight is 203 g/mol. The fourth-order valence-corrected chi connectivity index (χ4v) is 1.40. The molecule has 0 aromatic heterocycles. The van der Waals surface area contributed by atoms with Crippen molar-refractivity contribution >= 4 is 0 Å². The second kappa shape index (κ2) is 4.33. The zero-order chi connectivity index (χ0) is 10.7. The number of nitriles is 1. The van der Waals surface area contributed by atoms with Crippen LogP contribution < -0.4 is 0 Å². The molecule has 2 unspecified atom stereocenters. The van der Waals surface area contributed by atoms with Crippen molar-refractivity contribution in [3.63, 3.8) is 0 Å². The van der Waals surface area contributed by atoms with E-state index in [4.69, 9.17) is 14.7 Å². The highest BCUT2D eigenvalue weighted by atomic mass is 16.6. The maximum Gasteiger partial charge on any atom is 0.117 e. The Morgan fingerprint density at radius 3 is 3.00 bits per heavy atom. The van der Waals surface area contributed by atoms with Crippen LogP contribution in [0.1, 0.15) is 6.92 Å². The summed E-state index contributed by atoms with van der Waals surface area (Å²) in [7, 11) is 0. The van der Waals surface area contributed by atoms with Crippen molar-refractivity contribution in [2.45, 2.75) is 13.0 Å². The summed E-state index contributed by atoms with van der Waals surface area (Å²) in [6.07, 6.45) is 7.80. The quantitative estimate of drug-likeness (QED) is 0.658. The third-order valence-corrected chi connectivity index (χ3v) is 2.26. The number of allylic oxidation sites excluding steroid dienone is 5. The molecule has 1 fully saturated rings. The summed E-state index contributed by atoms with van der Waals surface area (Å²) in [5, 5.41) is 8.79. The Bertz CT molecular complexity index is 370. The number of ether oxygens (including phenoxy) is 2. The maximum atomic E-state index is 8.79. The van der Waals surface area contributed by atoms with Crippen molar-refractivity contribution in [1.29, 1.82) is 5.26 Å². The molecule has 0 radical (unpaired) electrons. The molecule has 0 spiro atoms. The largest absolute Gasteiger partial charge is 0.491 e. The van der Waals surface area contributed by atoms with Crippen LogP contribution in [0.4, 0.5) is 0 Å². The second-order valence-corrected chi connectivity index (χ2v) is 3.76. The molecule has 0 amide bonds. The van der Waals surface area contributed by atoms with Gasteiger partial charge in [-0.2, -0.15) is 5.26 Å². The summed E-state index contributed by atoms with van der Waals surface area (Å²) in [4.78, 5) is 0. The predicted octanol–water partition coefficient (Wildman–Crippen LogP) is 1.94. The monoisotopic (exact) mass is 203 g/mol. The summed E-state index contributed by atoms with van der Waals surface area (Å²) < 4.78 is 10.6. The second-order valence-electron chi connectivity index (χ2n) is 3.76. The molecule has 78 valence electrons. The summed E-state index contributed by atoms with van der Waals surface area (Å²) in [5.74, 6) is 1.05. The Morgan fingerprint density at radius 2 is 2.33 bits per heavy atom.